The molecule has 0 spiro atoms. The van der Waals surface area contributed by atoms with Gasteiger partial charge in [0, 0.05) is 0 Å². The topological polar surface area (TPSA) is 0 Å². The second kappa shape index (κ2) is 12.2. The molecule has 1 unspecified atom stereocenters. The minimum Gasteiger partial charge on any atom is -0.418 e. The van der Waals surface area contributed by atoms with Gasteiger partial charge in [-0.3, -0.25) is 0 Å². The van der Waals surface area contributed by atoms with E-state index < -0.39 is 7.25 Å². The Morgan fingerprint density at radius 2 is 0.680 bits per heavy atom. The molecule has 0 aliphatic heterocycles. The molecule has 0 heterocycles. The lowest BCUT2D eigenvalue weighted by Crippen LogP contribution is -2.28. The van der Waals surface area contributed by atoms with Crippen LogP contribution in [0.2, 0.25) is 0 Å². The zero-order chi connectivity index (χ0) is 17.4. The third-order valence-corrected chi connectivity index (χ3v) is 10.1. The molecule has 3 fully saturated rings. The summed E-state index contributed by atoms with van der Waals surface area (Å²) in [5.41, 5.74) is 3.57. The number of rotatable bonds is 3. The van der Waals surface area contributed by atoms with Crippen molar-refractivity contribution in [3.63, 3.8) is 0 Å². The second-order valence-corrected chi connectivity index (χ2v) is 10.9. The molecular formula is C18H36BF4P2-. The Hall–Kier alpha value is 0.645. The molecule has 0 nitrogen and oxygen atoms in total. The molecule has 3 aliphatic carbocycles. The Morgan fingerprint density at radius 1 is 0.480 bits per heavy atom. The number of halogens is 4. The first-order valence-corrected chi connectivity index (χ1v) is 11.6. The van der Waals surface area contributed by atoms with Gasteiger partial charge in [-0.1, -0.05) is 65.7 Å². The van der Waals surface area contributed by atoms with Crippen molar-refractivity contribution in [2.24, 2.45) is 0 Å². The van der Waals surface area contributed by atoms with E-state index >= 15 is 0 Å². The fraction of sp³-hybridized carbons (Fsp3) is 1.00. The zero-order valence-corrected chi connectivity index (χ0v) is 17.9. The van der Waals surface area contributed by atoms with E-state index in [1.54, 1.807) is 77.0 Å². The maximum Gasteiger partial charge on any atom is 0.673 e. The van der Waals surface area contributed by atoms with Crippen molar-refractivity contribution in [1.29, 1.82) is 0 Å². The van der Waals surface area contributed by atoms with E-state index in [9.17, 15) is 17.3 Å². The molecule has 0 amide bonds. The van der Waals surface area contributed by atoms with Gasteiger partial charge < -0.3 is 17.3 Å². The average Bonchev–Trinajstić information content (AvgIpc) is 2.57. The van der Waals surface area contributed by atoms with Crippen LogP contribution in [0.4, 0.5) is 17.3 Å². The van der Waals surface area contributed by atoms with E-state index in [1.165, 1.54) is 36.2 Å². The van der Waals surface area contributed by atoms with Gasteiger partial charge in [-0.15, -0.1) is 0 Å². The van der Waals surface area contributed by atoms with Crippen LogP contribution in [0.5, 0.6) is 0 Å². The fourth-order valence-electron chi connectivity index (χ4n) is 5.03. The van der Waals surface area contributed by atoms with Gasteiger partial charge in [0.05, 0.1) is 0 Å². The molecule has 3 aliphatic rings. The molecule has 3 saturated carbocycles. The Balaban J connectivity index is 0.000000462. The Morgan fingerprint density at radius 3 is 0.880 bits per heavy atom. The minimum atomic E-state index is -6.00. The van der Waals surface area contributed by atoms with Crippen molar-refractivity contribution < 1.29 is 17.3 Å². The van der Waals surface area contributed by atoms with Gasteiger partial charge in [-0.05, 0) is 55.5 Å². The Kier molecular flexibility index (Phi) is 11.5. The van der Waals surface area contributed by atoms with Gasteiger partial charge in [-0.2, -0.15) is 9.90 Å². The van der Waals surface area contributed by atoms with Crippen LogP contribution in [0.25, 0.3) is 0 Å². The molecule has 0 aromatic rings. The monoisotopic (exact) mass is 401 g/mol. The summed E-state index contributed by atoms with van der Waals surface area (Å²) in [6, 6.07) is 0. The van der Waals surface area contributed by atoms with Crippen molar-refractivity contribution in [3.05, 3.63) is 0 Å². The van der Waals surface area contributed by atoms with E-state index in [0.29, 0.717) is 7.92 Å². The van der Waals surface area contributed by atoms with Crippen molar-refractivity contribution >= 4 is 25.1 Å². The highest BCUT2D eigenvalue weighted by Crippen LogP contribution is 2.61. The SMILES string of the molecule is C1CCC(P(C2CCCCC2)C2CCCCC2)CC1.F[B-](F)(F)F.P. The van der Waals surface area contributed by atoms with Crippen molar-refractivity contribution in [3.8, 4) is 0 Å². The van der Waals surface area contributed by atoms with Gasteiger partial charge in [0.15, 0.2) is 0 Å². The highest BCUT2D eigenvalue weighted by Gasteiger charge is 2.36. The molecule has 0 saturated heterocycles. The molecule has 3 rings (SSSR count). The molecule has 25 heavy (non-hydrogen) atoms. The summed E-state index contributed by atoms with van der Waals surface area (Å²) in [6.07, 6.45) is 23.6. The third-order valence-electron chi connectivity index (χ3n) is 5.99. The lowest BCUT2D eigenvalue weighted by atomic mass is 9.99. The van der Waals surface area contributed by atoms with Crippen LogP contribution in [0.15, 0.2) is 0 Å². The van der Waals surface area contributed by atoms with Gasteiger partial charge in [0.1, 0.15) is 0 Å². The first-order valence-electron chi connectivity index (χ1n) is 10.1. The summed E-state index contributed by atoms with van der Waals surface area (Å²) in [5.74, 6) is 0. The van der Waals surface area contributed by atoms with E-state index in [0.717, 1.165) is 0 Å². The molecule has 7 heteroatoms. The van der Waals surface area contributed by atoms with E-state index in [1.807, 2.05) is 0 Å². The van der Waals surface area contributed by atoms with E-state index in [-0.39, 0.29) is 9.90 Å². The lowest BCUT2D eigenvalue weighted by Gasteiger charge is -2.44. The molecule has 0 radical (unpaired) electrons. The Labute approximate surface area is 156 Å². The maximum absolute atomic E-state index is 9.75. The Bertz CT molecular complexity index is 288. The van der Waals surface area contributed by atoms with Crippen molar-refractivity contribution in [2.75, 3.05) is 0 Å². The predicted molar refractivity (Wildman–Crippen MR) is 109 cm³/mol. The van der Waals surface area contributed by atoms with Gasteiger partial charge >= 0.3 is 7.25 Å². The summed E-state index contributed by atoms with van der Waals surface area (Å²) < 4.78 is 39.0. The molecular weight excluding hydrogens is 365 g/mol. The van der Waals surface area contributed by atoms with Gasteiger partial charge in [-0.25, -0.2) is 0 Å². The summed E-state index contributed by atoms with van der Waals surface area (Å²) in [6.45, 7) is 0. The summed E-state index contributed by atoms with van der Waals surface area (Å²) >= 11 is 0. The van der Waals surface area contributed by atoms with Crippen LogP contribution in [0.3, 0.4) is 0 Å². The normalized spacial score (nSPS) is 24.4. The first kappa shape index (κ1) is 23.7. The number of hydrogen-bond donors (Lipinski definition) is 0. The second-order valence-electron chi connectivity index (χ2n) is 7.82. The smallest absolute Gasteiger partial charge is 0.418 e. The minimum absolute atomic E-state index is 0. The first-order chi connectivity index (χ1) is 11.4. The summed E-state index contributed by atoms with van der Waals surface area (Å²) in [5, 5.41) is 0. The quantitative estimate of drug-likeness (QED) is 0.257. The molecule has 0 bridgehead atoms. The van der Waals surface area contributed by atoms with Crippen LogP contribution in [-0.4, -0.2) is 24.2 Å². The third kappa shape index (κ3) is 9.41. The molecule has 150 valence electrons. The van der Waals surface area contributed by atoms with Crippen molar-refractivity contribution in [2.45, 2.75) is 113 Å². The largest absolute Gasteiger partial charge is 0.673 e. The fourth-order valence-corrected chi connectivity index (χ4v) is 9.71. The van der Waals surface area contributed by atoms with Crippen molar-refractivity contribution in [1.82, 2.24) is 0 Å². The lowest BCUT2D eigenvalue weighted by molar-refractivity contribution is 0.368. The maximum atomic E-state index is 9.75. The van der Waals surface area contributed by atoms with Crippen LogP contribution in [0.1, 0.15) is 96.3 Å². The standard InChI is InChI=1S/C18H33P.BF4.H3P/c1-4-10-16(11-5-1)19(17-12-6-2-7-13-17)18-14-8-3-9-15-18;2-1(3,4)5;/h16-18H,1-15H2;;1H3/q;-1;. The van der Waals surface area contributed by atoms with Crippen LogP contribution in [-0.2, 0) is 0 Å². The average molecular weight is 401 g/mol. The summed E-state index contributed by atoms with van der Waals surface area (Å²) in [4.78, 5) is 0. The molecule has 0 aromatic carbocycles. The van der Waals surface area contributed by atoms with Crippen LogP contribution >= 0.6 is 17.8 Å². The van der Waals surface area contributed by atoms with Crippen LogP contribution in [0, 0.1) is 0 Å². The highest BCUT2D eigenvalue weighted by atomic mass is 31.1. The number of hydrogen-bond acceptors (Lipinski definition) is 0. The molecule has 0 N–H and O–H groups in total. The highest BCUT2D eigenvalue weighted by molar-refractivity contribution is 7.60. The molecule has 1 atom stereocenters. The molecule has 0 aromatic heterocycles. The van der Waals surface area contributed by atoms with Crippen LogP contribution < -0.4 is 0 Å². The zero-order valence-electron chi connectivity index (χ0n) is 15.6. The van der Waals surface area contributed by atoms with E-state index in [2.05, 4.69) is 0 Å². The predicted octanol–water partition coefficient (Wildman–Crippen LogP) is 7.82. The van der Waals surface area contributed by atoms with Gasteiger partial charge in [0.25, 0.3) is 0 Å². The van der Waals surface area contributed by atoms with E-state index in [4.69, 9.17) is 0 Å². The van der Waals surface area contributed by atoms with Gasteiger partial charge in [0.2, 0.25) is 0 Å². The summed E-state index contributed by atoms with van der Waals surface area (Å²) in [7, 11) is -5.62.